The van der Waals surface area contributed by atoms with Crippen molar-refractivity contribution in [3.63, 3.8) is 0 Å². The number of rotatable bonds is 26. The molecule has 250 valence electrons. The minimum absolute atomic E-state index is 0.148. The highest BCUT2D eigenvalue weighted by Crippen LogP contribution is 2.21. The molecule has 0 aromatic rings. The summed E-state index contributed by atoms with van der Waals surface area (Å²) in [6, 6.07) is 0. The Morgan fingerprint density at radius 3 is 1.37 bits per heavy atom. The topological polar surface area (TPSA) is 110 Å². The number of aldehydes is 1. The van der Waals surface area contributed by atoms with Gasteiger partial charge in [-0.05, 0) is 25.7 Å². The van der Waals surface area contributed by atoms with Crippen LogP contribution in [0.1, 0.15) is 183 Å². The van der Waals surface area contributed by atoms with Gasteiger partial charge in [0.1, 0.15) is 6.29 Å². The van der Waals surface area contributed by atoms with Crippen LogP contribution in [0.2, 0.25) is 0 Å². The molecule has 0 bridgehead atoms. The Labute approximate surface area is 257 Å². The van der Waals surface area contributed by atoms with Gasteiger partial charge in [-0.2, -0.15) is 0 Å². The Morgan fingerprint density at radius 1 is 0.683 bits per heavy atom. The molecule has 0 saturated carbocycles. The van der Waals surface area contributed by atoms with E-state index in [2.05, 4.69) is 13.8 Å². The number of hydrogen-bond donors (Lipinski definition) is 3. The maximum absolute atomic E-state index is 10.7. The molecule has 1 unspecified atom stereocenters. The van der Waals surface area contributed by atoms with E-state index in [9.17, 15) is 9.90 Å². The highest BCUT2D eigenvalue weighted by atomic mass is 16.5. The SMILES string of the molecule is CC.CC(C)(C=O)CCCCCCCCC(O)CN.CCCCCCCCC(CCCCCCCC)OC.O=CO. The zero-order valence-electron chi connectivity index (χ0n) is 28.8. The first-order valence-electron chi connectivity index (χ1n) is 17.2. The van der Waals surface area contributed by atoms with Crippen LogP contribution in [0.5, 0.6) is 0 Å². The summed E-state index contributed by atoms with van der Waals surface area (Å²) in [5.74, 6) is 0. The normalized spacial score (nSPS) is 11.4. The monoisotopic (exact) mass is 590 g/mol. The van der Waals surface area contributed by atoms with Gasteiger partial charge in [0.05, 0.1) is 12.2 Å². The average Bonchev–Trinajstić information content (AvgIpc) is 2.98. The summed E-state index contributed by atoms with van der Waals surface area (Å²) in [6.07, 6.45) is 29.4. The Bertz CT molecular complexity index is 457. The van der Waals surface area contributed by atoms with E-state index >= 15 is 0 Å². The number of ether oxygens (including phenoxy) is 1. The maximum Gasteiger partial charge on any atom is 0.290 e. The van der Waals surface area contributed by atoms with Gasteiger partial charge in [-0.15, -0.1) is 0 Å². The summed E-state index contributed by atoms with van der Waals surface area (Å²) < 4.78 is 5.61. The third-order valence-electron chi connectivity index (χ3n) is 7.29. The molecule has 0 radical (unpaired) electrons. The van der Waals surface area contributed by atoms with Crippen LogP contribution in [0, 0.1) is 5.41 Å². The standard InChI is InChI=1S/C18H38O.C14H29NO2.C2H6.CH2O2/c1-4-6-8-10-12-14-16-18(19-3)17-15-13-11-9-7-5-2;1-14(2,12-16)10-8-6-4-3-5-7-9-13(17)11-15;1-2;2-1-3/h18H,4-17H2,1-3H3;12-13,17H,3-11,15H2,1-2H3;1-2H3;1H,(H,2,3). The van der Waals surface area contributed by atoms with Crippen LogP contribution in [0.15, 0.2) is 0 Å². The molecule has 0 amide bonds. The van der Waals surface area contributed by atoms with Crippen molar-refractivity contribution >= 4 is 12.8 Å². The minimum Gasteiger partial charge on any atom is -0.483 e. The van der Waals surface area contributed by atoms with Crippen LogP contribution in [0.3, 0.4) is 0 Å². The first-order chi connectivity index (χ1) is 19.8. The average molecular weight is 590 g/mol. The second kappa shape index (κ2) is 41.2. The van der Waals surface area contributed by atoms with Gasteiger partial charge < -0.3 is 25.5 Å². The van der Waals surface area contributed by atoms with Crippen molar-refractivity contribution in [3.8, 4) is 0 Å². The second-order valence-corrected chi connectivity index (χ2v) is 11.7. The van der Waals surface area contributed by atoms with Crippen molar-refractivity contribution in [2.75, 3.05) is 13.7 Å². The Morgan fingerprint density at radius 2 is 1.02 bits per heavy atom. The lowest BCUT2D eigenvalue weighted by Crippen LogP contribution is -2.19. The lowest BCUT2D eigenvalue weighted by atomic mass is 9.88. The van der Waals surface area contributed by atoms with Crippen LogP contribution < -0.4 is 5.73 Å². The molecule has 41 heavy (non-hydrogen) atoms. The molecule has 0 fully saturated rings. The van der Waals surface area contributed by atoms with Gasteiger partial charge in [0.25, 0.3) is 6.47 Å². The van der Waals surface area contributed by atoms with E-state index in [1.165, 1.54) is 116 Å². The van der Waals surface area contributed by atoms with Gasteiger partial charge in [-0.3, -0.25) is 4.79 Å². The molecule has 0 rings (SSSR count). The highest BCUT2D eigenvalue weighted by molar-refractivity contribution is 5.57. The van der Waals surface area contributed by atoms with Crippen molar-refractivity contribution in [3.05, 3.63) is 0 Å². The molecule has 0 aromatic heterocycles. The smallest absolute Gasteiger partial charge is 0.290 e. The fourth-order valence-electron chi connectivity index (χ4n) is 4.53. The number of unbranched alkanes of at least 4 members (excludes halogenated alkanes) is 15. The van der Waals surface area contributed by atoms with Gasteiger partial charge in [0.2, 0.25) is 0 Å². The van der Waals surface area contributed by atoms with E-state index in [-0.39, 0.29) is 18.0 Å². The quantitative estimate of drug-likeness (QED) is 0.0684. The van der Waals surface area contributed by atoms with E-state index < -0.39 is 0 Å². The van der Waals surface area contributed by atoms with Crippen LogP contribution in [0.25, 0.3) is 0 Å². The molecular formula is C35H75NO5. The molecule has 0 aliphatic heterocycles. The van der Waals surface area contributed by atoms with Crippen LogP contribution >= 0.6 is 0 Å². The zero-order valence-corrected chi connectivity index (χ0v) is 28.8. The van der Waals surface area contributed by atoms with Crippen LogP contribution in [-0.2, 0) is 14.3 Å². The predicted molar refractivity (Wildman–Crippen MR) is 179 cm³/mol. The summed E-state index contributed by atoms with van der Waals surface area (Å²) >= 11 is 0. The fraction of sp³-hybridized carbons (Fsp3) is 0.943. The van der Waals surface area contributed by atoms with Crippen LogP contribution in [-0.4, -0.2) is 48.8 Å². The molecule has 0 aliphatic carbocycles. The molecule has 4 N–H and O–H groups in total. The fourth-order valence-corrected chi connectivity index (χ4v) is 4.53. The van der Waals surface area contributed by atoms with Gasteiger partial charge >= 0.3 is 0 Å². The van der Waals surface area contributed by atoms with Crippen molar-refractivity contribution in [2.45, 2.75) is 195 Å². The molecule has 6 heteroatoms. The number of hydrogen-bond acceptors (Lipinski definition) is 5. The number of aliphatic hydroxyl groups is 1. The highest BCUT2D eigenvalue weighted by Gasteiger charge is 2.15. The zero-order chi connectivity index (χ0) is 32.0. The Kier molecular flexibility index (Phi) is 47.1. The van der Waals surface area contributed by atoms with Gasteiger partial charge in [0, 0.05) is 19.1 Å². The van der Waals surface area contributed by atoms with E-state index in [0.29, 0.717) is 12.6 Å². The van der Waals surface area contributed by atoms with E-state index in [1.54, 1.807) is 0 Å². The number of nitrogens with two attached hydrogens (primary N) is 1. The number of aliphatic hydroxyl groups excluding tert-OH is 1. The number of carboxylic acid groups (broad SMARTS) is 1. The molecule has 6 nitrogen and oxygen atoms in total. The molecule has 0 spiro atoms. The Hall–Kier alpha value is -0.980. The lowest BCUT2D eigenvalue weighted by molar-refractivity contribution is -0.122. The minimum atomic E-state index is -0.316. The first-order valence-corrected chi connectivity index (χ1v) is 17.2. The molecule has 0 saturated heterocycles. The number of carbonyl (C=O) groups is 2. The summed E-state index contributed by atoms with van der Waals surface area (Å²) in [5, 5.41) is 16.1. The molecular weight excluding hydrogens is 514 g/mol. The molecule has 0 heterocycles. The largest absolute Gasteiger partial charge is 0.483 e. The van der Waals surface area contributed by atoms with Crippen molar-refractivity contribution in [2.24, 2.45) is 11.1 Å². The molecule has 1 atom stereocenters. The van der Waals surface area contributed by atoms with E-state index in [1.807, 2.05) is 34.8 Å². The first kappa shape index (κ1) is 47.0. The van der Waals surface area contributed by atoms with Crippen molar-refractivity contribution in [1.29, 1.82) is 0 Å². The summed E-state index contributed by atoms with van der Waals surface area (Å²) in [5.41, 5.74) is 5.18. The molecule has 0 aliphatic rings. The third kappa shape index (κ3) is 46.2. The van der Waals surface area contributed by atoms with E-state index in [0.717, 1.165) is 32.0 Å². The third-order valence-corrected chi connectivity index (χ3v) is 7.29. The predicted octanol–water partition coefficient (Wildman–Crippen LogP) is 9.88. The lowest BCUT2D eigenvalue weighted by Gasteiger charge is -2.15. The van der Waals surface area contributed by atoms with Gasteiger partial charge in [-0.25, -0.2) is 0 Å². The number of methoxy groups -OCH3 is 1. The summed E-state index contributed by atoms with van der Waals surface area (Å²) in [6.45, 7) is 12.7. The molecule has 0 aromatic carbocycles. The van der Waals surface area contributed by atoms with E-state index in [4.69, 9.17) is 20.4 Å². The summed E-state index contributed by atoms with van der Waals surface area (Å²) in [4.78, 5) is 19.1. The summed E-state index contributed by atoms with van der Waals surface area (Å²) in [7, 11) is 1.89. The van der Waals surface area contributed by atoms with Crippen molar-refractivity contribution in [1.82, 2.24) is 0 Å². The Balaban J connectivity index is -0.000000289. The maximum atomic E-state index is 10.7. The van der Waals surface area contributed by atoms with Crippen LogP contribution in [0.4, 0.5) is 0 Å². The van der Waals surface area contributed by atoms with Crippen molar-refractivity contribution < 1.29 is 24.5 Å². The second-order valence-electron chi connectivity index (χ2n) is 11.7. The van der Waals surface area contributed by atoms with Gasteiger partial charge in [0.15, 0.2) is 0 Å². The van der Waals surface area contributed by atoms with Gasteiger partial charge in [-0.1, -0.05) is 157 Å². The number of carbonyl (C=O) groups excluding carboxylic acids is 1.